The summed E-state index contributed by atoms with van der Waals surface area (Å²) in [5.74, 6) is 0.826. The number of fused-ring (bicyclic) bond motifs is 2. The summed E-state index contributed by atoms with van der Waals surface area (Å²) < 4.78 is 10.1. The van der Waals surface area contributed by atoms with Crippen molar-refractivity contribution in [2.75, 3.05) is 18.8 Å². The monoisotopic (exact) mass is 541 g/mol. The molecule has 6 rings (SSSR count). The van der Waals surface area contributed by atoms with Crippen LogP contribution in [-0.4, -0.2) is 48.2 Å². The number of likely N-dealkylation sites (tertiary alicyclic amines) is 1. The third-order valence-electron chi connectivity index (χ3n) is 7.31. The smallest absolute Gasteiger partial charge is 0.246 e. The Morgan fingerprint density at radius 2 is 2.10 bits per heavy atom. The minimum absolute atomic E-state index is 0.0491. The number of rotatable bonds is 6. The molecular weight excluding hydrogens is 514 g/mol. The van der Waals surface area contributed by atoms with Gasteiger partial charge in [0.2, 0.25) is 5.91 Å². The summed E-state index contributed by atoms with van der Waals surface area (Å²) in [4.78, 5) is 22.8. The maximum Gasteiger partial charge on any atom is 0.246 e. The van der Waals surface area contributed by atoms with Gasteiger partial charge in [-0.25, -0.2) is 14.6 Å². The first kappa shape index (κ1) is 24.9. The summed E-state index contributed by atoms with van der Waals surface area (Å²) in [5, 5.41) is 7.20. The molecule has 1 fully saturated rings. The summed E-state index contributed by atoms with van der Waals surface area (Å²) in [5.41, 5.74) is 10.6. The van der Waals surface area contributed by atoms with E-state index in [0.717, 1.165) is 34.9 Å². The molecule has 0 radical (unpaired) electrons. The molecule has 2 aromatic carbocycles. The van der Waals surface area contributed by atoms with E-state index >= 15 is 0 Å². The highest BCUT2D eigenvalue weighted by atomic mass is 35.5. The lowest BCUT2D eigenvalue weighted by atomic mass is 10.1. The van der Waals surface area contributed by atoms with Gasteiger partial charge in [-0.2, -0.15) is 5.10 Å². The second kappa shape index (κ2) is 10.1. The van der Waals surface area contributed by atoms with Gasteiger partial charge in [0, 0.05) is 48.4 Å². The van der Waals surface area contributed by atoms with Crippen LogP contribution in [0.1, 0.15) is 24.4 Å². The van der Waals surface area contributed by atoms with Gasteiger partial charge in [0.15, 0.2) is 5.65 Å². The molecule has 1 aliphatic rings. The van der Waals surface area contributed by atoms with Crippen molar-refractivity contribution in [2.45, 2.75) is 25.5 Å². The average Bonchev–Trinajstić information content (AvgIpc) is 3.51. The van der Waals surface area contributed by atoms with Crippen molar-refractivity contribution in [3.63, 3.8) is 0 Å². The van der Waals surface area contributed by atoms with E-state index in [1.807, 2.05) is 42.1 Å². The summed E-state index contributed by atoms with van der Waals surface area (Å²) in [6.07, 6.45) is 6.58. The van der Waals surface area contributed by atoms with Crippen LogP contribution in [0.5, 0.6) is 5.75 Å². The molecule has 4 heterocycles. The number of aryl methyl sites for hydroxylation is 1. The van der Waals surface area contributed by atoms with E-state index in [1.165, 1.54) is 12.4 Å². The Hall–Kier alpha value is -4.37. The Labute approximate surface area is 230 Å². The molecule has 39 heavy (non-hydrogen) atoms. The summed E-state index contributed by atoms with van der Waals surface area (Å²) in [6, 6.07) is 13.8. The normalized spacial score (nSPS) is 15.6. The summed E-state index contributed by atoms with van der Waals surface area (Å²) in [6.45, 7) is 5.23. The molecule has 198 valence electrons. The van der Waals surface area contributed by atoms with Crippen molar-refractivity contribution < 1.29 is 9.53 Å². The minimum atomic E-state index is -0.0867. The quantitative estimate of drug-likeness (QED) is 0.298. The van der Waals surface area contributed by atoms with Gasteiger partial charge >= 0.3 is 0 Å². The lowest BCUT2D eigenvalue weighted by Crippen LogP contribution is -2.40. The van der Waals surface area contributed by atoms with Gasteiger partial charge in [0.1, 0.15) is 30.2 Å². The Morgan fingerprint density at radius 1 is 1.26 bits per heavy atom. The van der Waals surface area contributed by atoms with Crippen molar-refractivity contribution in [1.29, 1.82) is 0 Å². The largest absolute Gasteiger partial charge is 0.487 e. The van der Waals surface area contributed by atoms with Crippen molar-refractivity contribution >= 4 is 45.3 Å². The van der Waals surface area contributed by atoms with E-state index in [0.29, 0.717) is 53.0 Å². The molecule has 5 aromatic rings. The molecule has 0 aliphatic carbocycles. The molecule has 1 aliphatic heterocycles. The molecule has 3 aromatic heterocycles. The predicted octanol–water partition coefficient (Wildman–Crippen LogP) is 5.15. The van der Waals surface area contributed by atoms with Crippen molar-refractivity contribution in [2.24, 2.45) is 7.05 Å². The first-order valence-corrected chi connectivity index (χ1v) is 13.2. The number of carbonyl (C=O) groups is 1. The lowest BCUT2D eigenvalue weighted by molar-refractivity contribution is -0.127. The number of para-hydroxylation sites is 1. The zero-order chi connectivity index (χ0) is 27.1. The number of halogens is 1. The van der Waals surface area contributed by atoms with Gasteiger partial charge in [-0.05, 0) is 43.2 Å². The highest BCUT2D eigenvalue weighted by molar-refractivity contribution is 6.32. The second-order valence-corrected chi connectivity index (χ2v) is 10.2. The standard InChI is InChI=1S/C29H28ClN7O2/c1-3-25(38)36-12-6-7-20(15-36)37-29-26(28(31)32-17-33-29)27(34-37)18-10-11-24(22(30)13-18)39-16-19-14-35(2)23-9-5-4-8-21(19)23/h3-5,8-11,13-14,17,20H,1,6-7,12,15-16H2,2H3,(H2,31,32,33)/t20-/m1/s1. The highest BCUT2D eigenvalue weighted by Crippen LogP contribution is 2.37. The number of benzene rings is 2. The minimum Gasteiger partial charge on any atom is -0.487 e. The van der Waals surface area contributed by atoms with E-state index < -0.39 is 0 Å². The van der Waals surface area contributed by atoms with Crippen molar-refractivity contribution in [1.82, 2.24) is 29.2 Å². The molecular formula is C29H28ClN7O2. The van der Waals surface area contributed by atoms with Crippen LogP contribution < -0.4 is 10.5 Å². The SMILES string of the molecule is C=CC(=O)N1CCC[C@@H](n2nc(-c3ccc(OCc4cn(C)c5ccccc45)c(Cl)c3)c3c(N)ncnc32)C1. The number of hydrogen-bond donors (Lipinski definition) is 1. The van der Waals surface area contributed by atoms with Crippen LogP contribution in [-0.2, 0) is 18.4 Å². The fraction of sp³-hybridized carbons (Fsp3) is 0.241. The van der Waals surface area contributed by atoms with Gasteiger partial charge in [-0.3, -0.25) is 4.79 Å². The number of nitrogens with two attached hydrogens (primary N) is 1. The predicted molar refractivity (Wildman–Crippen MR) is 152 cm³/mol. The number of carbonyl (C=O) groups excluding carboxylic acids is 1. The maximum atomic E-state index is 12.3. The first-order chi connectivity index (χ1) is 18.9. The molecule has 1 amide bonds. The topological polar surface area (TPSA) is 104 Å². The highest BCUT2D eigenvalue weighted by Gasteiger charge is 2.28. The number of nitrogen functional groups attached to an aromatic ring is 1. The van der Waals surface area contributed by atoms with E-state index in [4.69, 9.17) is 27.2 Å². The fourth-order valence-electron chi connectivity index (χ4n) is 5.40. The Morgan fingerprint density at radius 3 is 2.92 bits per heavy atom. The van der Waals surface area contributed by atoms with Crippen molar-refractivity contribution in [3.05, 3.63) is 78.2 Å². The maximum absolute atomic E-state index is 12.3. The van der Waals surface area contributed by atoms with E-state index in [-0.39, 0.29) is 11.9 Å². The molecule has 9 nitrogen and oxygen atoms in total. The molecule has 0 bridgehead atoms. The van der Waals surface area contributed by atoms with Crippen LogP contribution in [0.4, 0.5) is 5.82 Å². The fourth-order valence-corrected chi connectivity index (χ4v) is 5.63. The number of nitrogens with zero attached hydrogens (tertiary/aromatic N) is 6. The third kappa shape index (κ3) is 4.48. The van der Waals surface area contributed by atoms with Crippen LogP contribution in [0.2, 0.25) is 5.02 Å². The van der Waals surface area contributed by atoms with Gasteiger partial charge in [-0.15, -0.1) is 0 Å². The first-order valence-electron chi connectivity index (χ1n) is 12.8. The molecule has 1 atom stereocenters. The molecule has 0 saturated carbocycles. The van der Waals surface area contributed by atoms with Crippen LogP contribution in [0, 0.1) is 0 Å². The van der Waals surface area contributed by atoms with Crippen LogP contribution in [0.15, 0.2) is 67.6 Å². The van der Waals surface area contributed by atoms with Crippen LogP contribution in [0.3, 0.4) is 0 Å². The molecule has 2 N–H and O–H groups in total. The number of aromatic nitrogens is 5. The molecule has 0 spiro atoms. The summed E-state index contributed by atoms with van der Waals surface area (Å²) >= 11 is 6.70. The zero-order valence-electron chi connectivity index (χ0n) is 21.5. The van der Waals surface area contributed by atoms with Gasteiger partial charge in [0.25, 0.3) is 0 Å². The number of ether oxygens (including phenoxy) is 1. The zero-order valence-corrected chi connectivity index (χ0v) is 22.3. The lowest BCUT2D eigenvalue weighted by Gasteiger charge is -2.32. The summed E-state index contributed by atoms with van der Waals surface area (Å²) in [7, 11) is 2.02. The number of amides is 1. The van der Waals surface area contributed by atoms with Crippen LogP contribution in [0.25, 0.3) is 33.2 Å². The number of piperidine rings is 1. The Bertz CT molecular complexity index is 1720. The number of hydrogen-bond acceptors (Lipinski definition) is 6. The third-order valence-corrected chi connectivity index (χ3v) is 7.61. The Balaban J connectivity index is 1.31. The van der Waals surface area contributed by atoms with Gasteiger partial charge < -0.3 is 19.9 Å². The second-order valence-electron chi connectivity index (χ2n) is 9.75. The van der Waals surface area contributed by atoms with E-state index in [1.54, 1.807) is 4.90 Å². The Kier molecular flexibility index (Phi) is 6.44. The average molecular weight is 542 g/mol. The van der Waals surface area contributed by atoms with Crippen molar-refractivity contribution in [3.8, 4) is 17.0 Å². The number of anilines is 1. The van der Waals surface area contributed by atoms with E-state index in [9.17, 15) is 4.79 Å². The molecule has 10 heteroatoms. The van der Waals surface area contributed by atoms with E-state index in [2.05, 4.69) is 39.4 Å². The molecule has 0 unspecified atom stereocenters. The molecule has 1 saturated heterocycles. The van der Waals surface area contributed by atoms with Gasteiger partial charge in [0.05, 0.1) is 16.5 Å². The van der Waals surface area contributed by atoms with Gasteiger partial charge in [-0.1, -0.05) is 36.4 Å². The van der Waals surface area contributed by atoms with Crippen LogP contribution >= 0.6 is 11.6 Å².